The van der Waals surface area contributed by atoms with Gasteiger partial charge in [-0.05, 0) is 48.4 Å². The van der Waals surface area contributed by atoms with Gasteiger partial charge in [0.15, 0.2) is 12.4 Å². The number of hydrogen-bond acceptors (Lipinski definition) is 5. The van der Waals surface area contributed by atoms with Gasteiger partial charge in [0, 0.05) is 17.1 Å². The molecule has 0 atom stereocenters. The Kier molecular flexibility index (Phi) is 5.35. The van der Waals surface area contributed by atoms with Crippen LogP contribution in [0.15, 0.2) is 48.5 Å². The lowest BCUT2D eigenvalue weighted by Gasteiger charge is -2.06. The first-order valence-electron chi connectivity index (χ1n) is 7.75. The summed E-state index contributed by atoms with van der Waals surface area (Å²) in [6, 6.07) is 13.5. The molecule has 1 amide bonds. The number of aromatic nitrogens is 2. The Morgan fingerprint density at radius 3 is 2.56 bits per heavy atom. The molecule has 0 fully saturated rings. The first-order chi connectivity index (χ1) is 12.1. The van der Waals surface area contributed by atoms with E-state index in [1.165, 1.54) is 17.7 Å². The maximum atomic E-state index is 12.9. The number of halogens is 1. The van der Waals surface area contributed by atoms with Gasteiger partial charge in [0.1, 0.15) is 11.6 Å². The molecule has 0 aliphatic rings. The highest BCUT2D eigenvalue weighted by molar-refractivity contribution is 7.10. The van der Waals surface area contributed by atoms with Crippen molar-refractivity contribution < 1.29 is 13.9 Å². The van der Waals surface area contributed by atoms with Crippen molar-refractivity contribution in [3.63, 3.8) is 0 Å². The van der Waals surface area contributed by atoms with Crippen LogP contribution in [0.3, 0.4) is 0 Å². The zero-order valence-corrected chi connectivity index (χ0v) is 14.3. The topological polar surface area (TPSA) is 64.1 Å². The highest BCUT2D eigenvalue weighted by atomic mass is 32.1. The predicted octanol–water partition coefficient (Wildman–Crippen LogP) is 3.92. The molecular weight excluding hydrogens is 341 g/mol. The van der Waals surface area contributed by atoms with Crippen LogP contribution in [0.4, 0.5) is 9.52 Å². The van der Waals surface area contributed by atoms with Gasteiger partial charge in [0.2, 0.25) is 5.13 Å². The number of carbonyl (C=O) groups is 1. The van der Waals surface area contributed by atoms with E-state index in [1.54, 1.807) is 12.1 Å². The Hall–Kier alpha value is -2.80. The van der Waals surface area contributed by atoms with Gasteiger partial charge in [-0.1, -0.05) is 19.1 Å². The highest BCUT2D eigenvalue weighted by Gasteiger charge is 2.10. The molecule has 0 saturated carbocycles. The van der Waals surface area contributed by atoms with Crippen molar-refractivity contribution in [1.82, 2.24) is 9.36 Å². The Morgan fingerprint density at radius 2 is 1.88 bits per heavy atom. The molecule has 25 heavy (non-hydrogen) atoms. The standard InChI is InChI=1S/C18H16FN3O2S/c1-2-12-3-9-15(10-4-12)24-11-16(23)20-18-21-17(22-25-18)13-5-7-14(19)8-6-13/h3-10H,2,11H2,1H3,(H,20,21,22,23). The van der Waals surface area contributed by atoms with Gasteiger partial charge in [-0.2, -0.15) is 9.36 Å². The van der Waals surface area contributed by atoms with Crippen LogP contribution in [0.1, 0.15) is 12.5 Å². The number of hydrogen-bond donors (Lipinski definition) is 1. The minimum absolute atomic E-state index is 0.114. The monoisotopic (exact) mass is 357 g/mol. The van der Waals surface area contributed by atoms with E-state index in [2.05, 4.69) is 21.6 Å². The maximum Gasteiger partial charge on any atom is 0.264 e. The fourth-order valence-corrected chi connectivity index (χ4v) is 2.72. The van der Waals surface area contributed by atoms with Crippen LogP contribution in [-0.2, 0) is 11.2 Å². The third kappa shape index (κ3) is 4.60. The molecule has 0 saturated heterocycles. The van der Waals surface area contributed by atoms with Crippen molar-refractivity contribution in [2.45, 2.75) is 13.3 Å². The van der Waals surface area contributed by atoms with E-state index in [-0.39, 0.29) is 18.3 Å². The molecule has 0 radical (unpaired) electrons. The summed E-state index contributed by atoms with van der Waals surface area (Å²) in [7, 11) is 0. The molecule has 1 aromatic heterocycles. The molecular formula is C18H16FN3O2S. The largest absolute Gasteiger partial charge is 0.484 e. The molecule has 2 aromatic carbocycles. The molecule has 0 unspecified atom stereocenters. The molecule has 0 aliphatic heterocycles. The van der Waals surface area contributed by atoms with Crippen LogP contribution in [-0.4, -0.2) is 21.9 Å². The van der Waals surface area contributed by atoms with Crippen LogP contribution >= 0.6 is 11.5 Å². The highest BCUT2D eigenvalue weighted by Crippen LogP contribution is 2.21. The van der Waals surface area contributed by atoms with Crippen molar-refractivity contribution in [2.75, 3.05) is 11.9 Å². The van der Waals surface area contributed by atoms with Gasteiger partial charge in [0.25, 0.3) is 5.91 Å². The number of nitrogens with zero attached hydrogens (tertiary/aromatic N) is 2. The number of nitrogens with one attached hydrogen (secondary N) is 1. The van der Waals surface area contributed by atoms with Crippen LogP contribution in [0, 0.1) is 5.82 Å². The van der Waals surface area contributed by atoms with Crippen molar-refractivity contribution in [1.29, 1.82) is 0 Å². The average Bonchev–Trinajstić information content (AvgIpc) is 3.09. The summed E-state index contributed by atoms with van der Waals surface area (Å²) in [6.07, 6.45) is 0.953. The number of ether oxygens (including phenoxy) is 1. The average molecular weight is 357 g/mol. The maximum absolute atomic E-state index is 12.9. The lowest BCUT2D eigenvalue weighted by Crippen LogP contribution is -2.20. The Balaban J connectivity index is 1.55. The minimum Gasteiger partial charge on any atom is -0.484 e. The summed E-state index contributed by atoms with van der Waals surface area (Å²) in [5, 5.41) is 3.01. The SMILES string of the molecule is CCc1ccc(OCC(=O)Nc2nc(-c3ccc(F)cc3)ns2)cc1. The molecule has 7 heteroatoms. The van der Waals surface area contributed by atoms with Crippen molar-refractivity contribution in [3.8, 4) is 17.1 Å². The third-order valence-electron chi connectivity index (χ3n) is 3.48. The number of anilines is 1. The second-order valence-corrected chi connectivity index (χ2v) is 6.02. The summed E-state index contributed by atoms with van der Waals surface area (Å²) in [6.45, 7) is 1.96. The molecule has 1 heterocycles. The van der Waals surface area contributed by atoms with Crippen LogP contribution in [0.5, 0.6) is 5.75 Å². The van der Waals surface area contributed by atoms with E-state index >= 15 is 0 Å². The molecule has 3 aromatic rings. The fraction of sp³-hybridized carbons (Fsp3) is 0.167. The molecule has 5 nitrogen and oxygen atoms in total. The summed E-state index contributed by atoms with van der Waals surface area (Å²) in [4.78, 5) is 16.2. The summed E-state index contributed by atoms with van der Waals surface area (Å²) < 4.78 is 22.5. The quantitative estimate of drug-likeness (QED) is 0.726. The van der Waals surface area contributed by atoms with Gasteiger partial charge in [-0.15, -0.1) is 0 Å². The van der Waals surface area contributed by atoms with E-state index in [0.29, 0.717) is 22.3 Å². The molecule has 128 valence electrons. The Labute approximate surface area is 148 Å². The predicted molar refractivity (Wildman–Crippen MR) is 95.2 cm³/mol. The second-order valence-electron chi connectivity index (χ2n) is 5.26. The second kappa shape index (κ2) is 7.85. The van der Waals surface area contributed by atoms with E-state index in [0.717, 1.165) is 18.0 Å². The van der Waals surface area contributed by atoms with Crippen LogP contribution < -0.4 is 10.1 Å². The molecule has 3 rings (SSSR count). The Bertz CT molecular complexity index is 848. The van der Waals surface area contributed by atoms with E-state index in [1.807, 2.05) is 24.3 Å². The lowest BCUT2D eigenvalue weighted by molar-refractivity contribution is -0.118. The van der Waals surface area contributed by atoms with E-state index in [4.69, 9.17) is 4.74 Å². The Morgan fingerprint density at radius 1 is 1.16 bits per heavy atom. The summed E-state index contributed by atoms with van der Waals surface area (Å²) in [5.41, 5.74) is 1.89. The van der Waals surface area contributed by atoms with Crippen molar-refractivity contribution in [3.05, 3.63) is 59.9 Å². The third-order valence-corrected chi connectivity index (χ3v) is 4.11. The lowest BCUT2D eigenvalue weighted by atomic mass is 10.2. The molecule has 0 aliphatic carbocycles. The first kappa shape index (κ1) is 17.0. The van der Waals surface area contributed by atoms with Crippen molar-refractivity contribution >= 4 is 22.6 Å². The molecule has 1 N–H and O–H groups in total. The smallest absolute Gasteiger partial charge is 0.264 e. The number of amides is 1. The van der Waals surface area contributed by atoms with Gasteiger partial charge >= 0.3 is 0 Å². The summed E-state index contributed by atoms with van der Waals surface area (Å²) >= 11 is 1.06. The minimum atomic E-state index is -0.323. The van der Waals surface area contributed by atoms with Crippen LogP contribution in [0.2, 0.25) is 0 Å². The van der Waals surface area contributed by atoms with Gasteiger partial charge in [-0.25, -0.2) is 4.39 Å². The number of aryl methyl sites for hydroxylation is 1. The van der Waals surface area contributed by atoms with Crippen LogP contribution in [0.25, 0.3) is 11.4 Å². The van der Waals surface area contributed by atoms with Gasteiger partial charge < -0.3 is 4.74 Å². The number of benzene rings is 2. The van der Waals surface area contributed by atoms with Crippen molar-refractivity contribution in [2.24, 2.45) is 0 Å². The molecule has 0 spiro atoms. The first-order valence-corrected chi connectivity index (χ1v) is 8.52. The number of carbonyl (C=O) groups excluding carboxylic acids is 1. The fourth-order valence-electron chi connectivity index (χ4n) is 2.12. The normalized spacial score (nSPS) is 10.5. The zero-order chi connectivity index (χ0) is 17.6. The zero-order valence-electron chi connectivity index (χ0n) is 13.5. The van der Waals surface area contributed by atoms with E-state index in [9.17, 15) is 9.18 Å². The van der Waals surface area contributed by atoms with Gasteiger partial charge in [-0.3, -0.25) is 10.1 Å². The number of rotatable bonds is 6. The van der Waals surface area contributed by atoms with E-state index < -0.39 is 0 Å². The van der Waals surface area contributed by atoms with Gasteiger partial charge in [0.05, 0.1) is 0 Å². The molecule has 0 bridgehead atoms. The summed E-state index contributed by atoms with van der Waals surface area (Å²) in [5.74, 6) is 0.436.